The van der Waals surface area contributed by atoms with Gasteiger partial charge in [0.2, 0.25) is 0 Å². The van der Waals surface area contributed by atoms with Crippen LogP contribution < -0.4 is 5.32 Å². The number of aliphatic hydroxyl groups is 1. The fourth-order valence-electron chi connectivity index (χ4n) is 2.83. The van der Waals surface area contributed by atoms with E-state index in [9.17, 15) is 5.11 Å². The lowest BCUT2D eigenvalue weighted by atomic mass is 9.89. The highest BCUT2D eigenvalue weighted by Crippen LogP contribution is 2.25. The summed E-state index contributed by atoms with van der Waals surface area (Å²) in [6.07, 6.45) is 4.84. The van der Waals surface area contributed by atoms with Crippen LogP contribution in [-0.2, 0) is 0 Å². The normalized spacial score (nSPS) is 22.7. The highest BCUT2D eigenvalue weighted by Gasteiger charge is 2.28. The Labute approximate surface area is 113 Å². The third-order valence-electron chi connectivity index (χ3n) is 3.83. The van der Waals surface area contributed by atoms with Gasteiger partial charge in [-0.2, -0.15) is 0 Å². The molecule has 0 amide bonds. The summed E-state index contributed by atoms with van der Waals surface area (Å²) in [6, 6.07) is 1.15. The first kappa shape index (κ1) is 15.9. The Kier molecular flexibility index (Phi) is 6.61. The maximum atomic E-state index is 9.17. The largest absolute Gasteiger partial charge is 0.396 e. The van der Waals surface area contributed by atoms with Crippen molar-refractivity contribution in [3.8, 4) is 0 Å². The van der Waals surface area contributed by atoms with Crippen LogP contribution in [-0.4, -0.2) is 48.3 Å². The topological polar surface area (TPSA) is 35.5 Å². The van der Waals surface area contributed by atoms with Gasteiger partial charge in [-0.3, -0.25) is 4.90 Å². The van der Waals surface area contributed by atoms with Gasteiger partial charge in [-0.15, -0.1) is 0 Å². The Balaban J connectivity index is 2.46. The van der Waals surface area contributed by atoms with Crippen LogP contribution in [0.4, 0.5) is 0 Å². The molecule has 2 N–H and O–H groups in total. The van der Waals surface area contributed by atoms with Gasteiger partial charge in [-0.25, -0.2) is 0 Å². The molecule has 0 aromatic rings. The van der Waals surface area contributed by atoms with E-state index in [4.69, 9.17) is 0 Å². The van der Waals surface area contributed by atoms with Gasteiger partial charge in [-0.1, -0.05) is 34.1 Å². The first-order valence-corrected chi connectivity index (χ1v) is 7.53. The van der Waals surface area contributed by atoms with Crippen molar-refractivity contribution in [3.63, 3.8) is 0 Å². The van der Waals surface area contributed by atoms with Gasteiger partial charge in [-0.05, 0) is 31.2 Å². The van der Waals surface area contributed by atoms with Gasteiger partial charge >= 0.3 is 0 Å². The molecule has 1 aliphatic rings. The first-order chi connectivity index (χ1) is 8.44. The Hall–Kier alpha value is -0.120. The number of nitrogens with one attached hydrogen (secondary N) is 1. The maximum Gasteiger partial charge on any atom is 0.0445 e. The zero-order valence-electron chi connectivity index (χ0n) is 12.7. The van der Waals surface area contributed by atoms with Gasteiger partial charge in [0.05, 0.1) is 0 Å². The number of likely N-dealkylation sites (tertiary alicyclic amines) is 1. The highest BCUT2D eigenvalue weighted by molar-refractivity contribution is 4.83. The summed E-state index contributed by atoms with van der Waals surface area (Å²) >= 11 is 0. The van der Waals surface area contributed by atoms with E-state index in [2.05, 4.69) is 37.9 Å². The van der Waals surface area contributed by atoms with Crippen molar-refractivity contribution in [1.29, 1.82) is 0 Å². The fourth-order valence-corrected chi connectivity index (χ4v) is 2.83. The maximum absolute atomic E-state index is 9.17. The van der Waals surface area contributed by atoms with Crippen LogP contribution in [0, 0.1) is 5.41 Å². The smallest absolute Gasteiger partial charge is 0.0445 e. The number of hydrogen-bond donors (Lipinski definition) is 2. The molecule has 1 atom stereocenters. The van der Waals surface area contributed by atoms with Gasteiger partial charge in [0.1, 0.15) is 0 Å². The lowest BCUT2D eigenvalue weighted by Crippen LogP contribution is -2.48. The molecule has 0 spiro atoms. The monoisotopic (exact) mass is 256 g/mol. The van der Waals surface area contributed by atoms with Crippen LogP contribution >= 0.6 is 0 Å². The lowest BCUT2D eigenvalue weighted by molar-refractivity contribution is 0.0776. The Bertz CT molecular complexity index is 227. The number of piperidine rings is 1. The summed E-state index contributed by atoms with van der Waals surface area (Å²) in [5, 5.41) is 12.7. The van der Waals surface area contributed by atoms with Crippen molar-refractivity contribution in [3.05, 3.63) is 0 Å². The highest BCUT2D eigenvalue weighted by atomic mass is 16.3. The van der Waals surface area contributed by atoms with E-state index in [1.165, 1.54) is 25.8 Å². The SMILES string of the molecule is CC(C)NCC(C)(C)CN1CCCCC1CCO. The van der Waals surface area contributed by atoms with Crippen LogP contribution in [0.25, 0.3) is 0 Å². The van der Waals surface area contributed by atoms with Crippen molar-refractivity contribution in [2.45, 2.75) is 65.5 Å². The van der Waals surface area contributed by atoms with Crippen LogP contribution in [0.1, 0.15) is 53.4 Å². The summed E-state index contributed by atoms with van der Waals surface area (Å²) in [5.74, 6) is 0. The number of nitrogens with zero attached hydrogens (tertiary/aromatic N) is 1. The molecule has 1 saturated heterocycles. The quantitative estimate of drug-likeness (QED) is 0.733. The molecule has 1 rings (SSSR count). The van der Waals surface area contributed by atoms with E-state index in [-0.39, 0.29) is 0 Å². The molecule has 1 aliphatic heterocycles. The second-order valence-corrected chi connectivity index (χ2v) is 6.83. The second-order valence-electron chi connectivity index (χ2n) is 6.83. The zero-order valence-corrected chi connectivity index (χ0v) is 12.7. The molecule has 0 bridgehead atoms. The first-order valence-electron chi connectivity index (χ1n) is 7.53. The van der Waals surface area contributed by atoms with Crippen molar-refractivity contribution < 1.29 is 5.11 Å². The van der Waals surface area contributed by atoms with Crippen LogP contribution in [0.15, 0.2) is 0 Å². The predicted molar refractivity (Wildman–Crippen MR) is 77.8 cm³/mol. The summed E-state index contributed by atoms with van der Waals surface area (Å²) in [4.78, 5) is 2.60. The molecule has 108 valence electrons. The standard InChI is InChI=1S/C15H32N2O/c1-13(2)16-11-15(3,4)12-17-9-6-5-7-14(17)8-10-18/h13-14,16,18H,5-12H2,1-4H3. The van der Waals surface area contributed by atoms with E-state index < -0.39 is 0 Å². The van der Waals surface area contributed by atoms with E-state index in [0.717, 1.165) is 19.5 Å². The van der Waals surface area contributed by atoms with E-state index in [1.807, 2.05) is 0 Å². The molecule has 3 nitrogen and oxygen atoms in total. The molecular weight excluding hydrogens is 224 g/mol. The summed E-state index contributed by atoms with van der Waals surface area (Å²) in [5.41, 5.74) is 0.301. The van der Waals surface area contributed by atoms with Crippen molar-refractivity contribution in [2.75, 3.05) is 26.2 Å². The average molecular weight is 256 g/mol. The lowest BCUT2D eigenvalue weighted by Gasteiger charge is -2.41. The molecule has 3 heteroatoms. The van der Waals surface area contributed by atoms with E-state index >= 15 is 0 Å². The minimum absolute atomic E-state index is 0.301. The van der Waals surface area contributed by atoms with E-state index in [0.29, 0.717) is 24.1 Å². The zero-order chi connectivity index (χ0) is 13.6. The molecule has 1 heterocycles. The minimum atomic E-state index is 0.301. The molecular formula is C15H32N2O. The second kappa shape index (κ2) is 7.46. The molecule has 1 fully saturated rings. The third kappa shape index (κ3) is 5.68. The van der Waals surface area contributed by atoms with E-state index in [1.54, 1.807) is 0 Å². The average Bonchev–Trinajstić information content (AvgIpc) is 2.29. The molecule has 0 radical (unpaired) electrons. The van der Waals surface area contributed by atoms with Gasteiger partial charge < -0.3 is 10.4 Å². The molecule has 0 aliphatic carbocycles. The number of hydrogen-bond acceptors (Lipinski definition) is 3. The van der Waals surface area contributed by atoms with Crippen LogP contribution in [0.5, 0.6) is 0 Å². The van der Waals surface area contributed by atoms with Crippen molar-refractivity contribution in [2.24, 2.45) is 5.41 Å². The Morgan fingerprint density at radius 3 is 2.67 bits per heavy atom. The predicted octanol–water partition coefficient (Wildman–Crippen LogP) is 2.25. The van der Waals surface area contributed by atoms with Crippen LogP contribution in [0.3, 0.4) is 0 Å². The van der Waals surface area contributed by atoms with Gasteiger partial charge in [0, 0.05) is 31.8 Å². The Morgan fingerprint density at radius 1 is 1.33 bits per heavy atom. The molecule has 0 aromatic heterocycles. The van der Waals surface area contributed by atoms with Gasteiger partial charge in [0.15, 0.2) is 0 Å². The Morgan fingerprint density at radius 2 is 2.06 bits per heavy atom. The summed E-state index contributed by atoms with van der Waals surface area (Å²) in [7, 11) is 0. The summed E-state index contributed by atoms with van der Waals surface area (Å²) in [6.45, 7) is 12.8. The number of aliphatic hydroxyl groups excluding tert-OH is 1. The third-order valence-corrected chi connectivity index (χ3v) is 3.83. The number of rotatable bonds is 7. The summed E-state index contributed by atoms with van der Waals surface area (Å²) < 4.78 is 0. The molecule has 18 heavy (non-hydrogen) atoms. The van der Waals surface area contributed by atoms with Gasteiger partial charge in [0.25, 0.3) is 0 Å². The molecule has 0 saturated carbocycles. The molecule has 1 unspecified atom stereocenters. The molecule has 0 aromatic carbocycles. The minimum Gasteiger partial charge on any atom is -0.396 e. The van der Waals surface area contributed by atoms with Crippen LogP contribution in [0.2, 0.25) is 0 Å². The fraction of sp³-hybridized carbons (Fsp3) is 1.00. The van der Waals surface area contributed by atoms with Crippen molar-refractivity contribution in [1.82, 2.24) is 10.2 Å². The van der Waals surface area contributed by atoms with Crippen molar-refractivity contribution >= 4 is 0 Å².